The maximum atomic E-state index is 14.8. The van der Waals surface area contributed by atoms with E-state index in [1.807, 2.05) is 0 Å². The second-order valence-corrected chi connectivity index (χ2v) is 31.3. The third-order valence-electron chi connectivity index (χ3n) is 20.2. The lowest BCUT2D eigenvalue weighted by Crippen LogP contribution is -2.61. The number of hydrogen-bond acceptors (Lipinski definition) is 27. The number of fused-ring (bicyclic) bond motifs is 2. The molecule has 0 saturated heterocycles. The summed E-state index contributed by atoms with van der Waals surface area (Å²) in [6.45, 7) is -1.60. The molecule has 0 saturated carbocycles. The molecule has 4 aromatic rings. The third kappa shape index (κ3) is 40.3. The zero-order valence-electron chi connectivity index (χ0n) is 73.4. The molecule has 0 aliphatic rings. The molecule has 0 fully saturated rings. The minimum atomic E-state index is -1.99. The minimum absolute atomic E-state index is 0.00879. The number of nitrogens with one attached hydrogen (secondary N) is 20. The van der Waals surface area contributed by atoms with Gasteiger partial charge in [0.2, 0.25) is 88.6 Å². The topological polar surface area (TPSA) is 858 Å². The number of aliphatic hydroxyl groups excluding tert-OH is 4. The van der Waals surface area contributed by atoms with E-state index in [1.54, 1.807) is 80.6 Å². The van der Waals surface area contributed by atoms with Gasteiger partial charge in [0.15, 0.2) is 11.9 Å². The highest BCUT2D eigenvalue weighted by atomic mass is 16.4. The number of H-pyrrole nitrogens is 1. The van der Waals surface area contributed by atoms with Crippen molar-refractivity contribution >= 4 is 146 Å². The third-order valence-corrected chi connectivity index (χ3v) is 20.2. The summed E-state index contributed by atoms with van der Waals surface area (Å²) in [5, 5.41) is 136. The summed E-state index contributed by atoms with van der Waals surface area (Å²) >= 11 is 0. The molecule has 3 aromatic carbocycles. The van der Waals surface area contributed by atoms with Gasteiger partial charge in [0, 0.05) is 62.3 Å². The van der Waals surface area contributed by atoms with E-state index >= 15 is 0 Å². The lowest BCUT2D eigenvalue weighted by atomic mass is 9.99. The second kappa shape index (κ2) is 57.7. The molecular formula is C82H122N24O27. The van der Waals surface area contributed by atoms with Gasteiger partial charge in [-0.25, -0.2) is 0 Å². The van der Waals surface area contributed by atoms with Crippen LogP contribution in [0.25, 0.3) is 21.7 Å². The van der Waals surface area contributed by atoms with E-state index in [9.17, 15) is 127 Å². The van der Waals surface area contributed by atoms with Crippen molar-refractivity contribution < 1.29 is 132 Å². The SMILES string of the molecule is CC(C)C[C@H](NC(=O)[C@H](CO)NC(=O)[C@H](CCC(=O)O)NC(=O)[C@H](Cc1ccc2ccccc2c1)NC(=O)[C@H](CCCNC(=N)N)NC(=O)[C@H](CO)NC(=O)[C@@H](N)CO)C(=O)N[C@@H](Cc1c[nH]c2ccccc12)C(=O)N[C@@H](C)C(=O)NCC(=O)N[C@@H](CCC(=O)O)C(=O)N[C@@H](CCCCN)C(=O)N[C@@H](CCC(=O)O)C(=O)N[C@@H](CO)C(=O)N[C@@H](CCCNC(=N)N)C(=O)NCC(=O)O. The lowest BCUT2D eigenvalue weighted by Gasteiger charge is -2.28. The Labute approximate surface area is 761 Å². The Balaban J connectivity index is 1.58. The number of hydrogen-bond donors (Lipinski definition) is 32. The number of aromatic amines is 1. The Morgan fingerprint density at radius 1 is 0.368 bits per heavy atom. The molecule has 1 aromatic heterocycles. The van der Waals surface area contributed by atoms with Gasteiger partial charge in [-0.05, 0) is 118 Å². The molecule has 51 heteroatoms. The van der Waals surface area contributed by atoms with Crippen LogP contribution in [-0.4, -0.2) is 314 Å². The Morgan fingerprint density at radius 3 is 1.20 bits per heavy atom. The van der Waals surface area contributed by atoms with Gasteiger partial charge >= 0.3 is 23.9 Å². The van der Waals surface area contributed by atoms with E-state index in [-0.39, 0.29) is 83.8 Å². The van der Waals surface area contributed by atoms with Crippen LogP contribution in [0, 0.1) is 16.7 Å². The van der Waals surface area contributed by atoms with Gasteiger partial charge in [-0.3, -0.25) is 102 Å². The average Bonchev–Trinajstić information content (AvgIpc) is 1.80. The molecule has 4 rings (SSSR count). The summed E-state index contributed by atoms with van der Waals surface area (Å²) in [5.41, 5.74) is 23.5. The number of benzene rings is 3. The first kappa shape index (κ1) is 111. The predicted molar refractivity (Wildman–Crippen MR) is 472 cm³/mol. The zero-order valence-corrected chi connectivity index (χ0v) is 73.4. The monoisotopic (exact) mass is 1870 g/mol. The fraction of sp³-hybridized carbons (Fsp3) is 0.524. The van der Waals surface area contributed by atoms with Crippen LogP contribution in [-0.2, 0) is 104 Å². The summed E-state index contributed by atoms with van der Waals surface area (Å²) in [6.07, 6.45) is -4.16. The lowest BCUT2D eigenvalue weighted by molar-refractivity contribution is -0.139. The number of carbonyl (C=O) groups excluding carboxylic acids is 15. The number of aromatic nitrogens is 1. The van der Waals surface area contributed by atoms with Crippen molar-refractivity contribution in [3.05, 3.63) is 84.1 Å². The first-order valence-corrected chi connectivity index (χ1v) is 42.5. The van der Waals surface area contributed by atoms with Crippen LogP contribution < -0.4 is 113 Å². The maximum Gasteiger partial charge on any atom is 0.322 e. The zero-order chi connectivity index (χ0) is 99.1. The van der Waals surface area contributed by atoms with E-state index in [0.29, 0.717) is 27.4 Å². The van der Waals surface area contributed by atoms with Crippen molar-refractivity contribution in [1.29, 1.82) is 10.8 Å². The van der Waals surface area contributed by atoms with Crippen LogP contribution in [0.15, 0.2) is 72.9 Å². The van der Waals surface area contributed by atoms with Crippen molar-refractivity contribution in [1.82, 2.24) is 95.4 Å². The average molecular weight is 1880 g/mol. The van der Waals surface area contributed by atoms with Gasteiger partial charge in [-0.2, -0.15) is 0 Å². The van der Waals surface area contributed by atoms with Crippen molar-refractivity contribution in [2.24, 2.45) is 28.9 Å². The molecule has 0 spiro atoms. The van der Waals surface area contributed by atoms with Crippen LogP contribution in [0.3, 0.4) is 0 Å². The largest absolute Gasteiger partial charge is 0.481 e. The van der Waals surface area contributed by atoms with Gasteiger partial charge in [0.25, 0.3) is 0 Å². The highest BCUT2D eigenvalue weighted by Crippen LogP contribution is 2.22. The molecule has 51 nitrogen and oxygen atoms in total. The highest BCUT2D eigenvalue weighted by molar-refractivity contribution is 6.01. The Bertz CT molecular complexity index is 4730. The summed E-state index contributed by atoms with van der Waals surface area (Å²) in [5.74, 6) is -24.3. The molecule has 0 radical (unpaired) electrons. The Hall–Kier alpha value is -14.3. The van der Waals surface area contributed by atoms with Gasteiger partial charge in [-0.15, -0.1) is 0 Å². The predicted octanol–water partition coefficient (Wildman–Crippen LogP) is -9.66. The van der Waals surface area contributed by atoms with Crippen LogP contribution in [0.1, 0.15) is 122 Å². The molecule has 14 atom stereocenters. The van der Waals surface area contributed by atoms with Gasteiger partial charge in [-0.1, -0.05) is 74.5 Å². The number of nitrogens with two attached hydrogens (primary N) is 4. The van der Waals surface area contributed by atoms with Crippen molar-refractivity contribution in [2.75, 3.05) is 59.2 Å². The molecule has 0 bridgehead atoms. The second-order valence-electron chi connectivity index (χ2n) is 31.3. The number of carbonyl (C=O) groups is 19. The van der Waals surface area contributed by atoms with Crippen LogP contribution in [0.4, 0.5) is 0 Å². The summed E-state index contributed by atoms with van der Waals surface area (Å²) in [6, 6.07) is -5.18. The number of aliphatic carboxylic acids is 4. The van der Waals surface area contributed by atoms with E-state index in [1.165, 1.54) is 13.1 Å². The molecule has 732 valence electrons. The smallest absolute Gasteiger partial charge is 0.322 e. The Morgan fingerprint density at radius 2 is 0.744 bits per heavy atom. The first-order chi connectivity index (χ1) is 63.0. The van der Waals surface area contributed by atoms with E-state index in [2.05, 4.69) is 95.4 Å². The number of aliphatic hydroxyl groups is 4. The normalized spacial score (nSPS) is 14.2. The van der Waals surface area contributed by atoms with Gasteiger partial charge < -0.3 is 159 Å². The molecule has 1 heterocycles. The standard InChI is InChI=1S/C82H122N24O27/c1-41(2)30-56(101-80(133)61(40-110)106-74(127)55(23-26-65(116)117)100-77(130)57(32-43-19-20-44-12-4-5-13-45(44)31-43)102-71(124)52(18-11-29-90-82(87)88)98-78(131)59(38-108)104-68(121)48(84)37-107)76(129)103-58(33-46-34-91-49-15-7-6-14-47(46)49)75(128)94-42(3)67(120)92-35-62(111)95-53(21-24-63(112)113)72(125)97-51(16-8-9-27-83)70(123)99-54(22-25-64(114)115)73(126)105-60(39-109)79(132)96-50(17-10-28-89-81(85)86)69(122)93-36-66(118)119/h4-7,12-15,19-20,31,34,41-42,48,50-61,91,107-110H,8-11,16-18,21-30,32-33,35-40,83-84H2,1-3H3,(H,92,120)(H,93,122)(H,94,128)(H,95,111)(H,96,132)(H,97,125)(H,98,131)(H,99,123)(H,100,130)(H,101,133)(H,102,124)(H,103,129)(H,104,121)(H,105,126)(H,106,127)(H,112,113)(H,114,115)(H,116,117)(H,118,119)(H4,85,86,89)(H4,87,88,90)/t42-,48-,50-,51-,52-,53-,54-,55-,56-,57-,58-,59-,60-,61-/m0/s1. The number of carboxylic acids is 4. The minimum Gasteiger partial charge on any atom is -0.481 e. The maximum absolute atomic E-state index is 14.8. The molecule has 36 N–H and O–H groups in total. The first-order valence-electron chi connectivity index (χ1n) is 42.5. The molecule has 0 unspecified atom stereocenters. The number of carboxylic acid groups (broad SMARTS) is 4. The number of para-hydroxylation sites is 1. The van der Waals surface area contributed by atoms with Crippen molar-refractivity contribution in [3.63, 3.8) is 0 Å². The summed E-state index contributed by atoms with van der Waals surface area (Å²) < 4.78 is 0. The summed E-state index contributed by atoms with van der Waals surface area (Å²) in [4.78, 5) is 260. The van der Waals surface area contributed by atoms with Crippen LogP contribution in [0.2, 0.25) is 0 Å². The van der Waals surface area contributed by atoms with Gasteiger partial charge in [0.05, 0.1) is 33.0 Å². The fourth-order valence-electron chi connectivity index (χ4n) is 13.1. The van der Waals surface area contributed by atoms with E-state index < -0.39 is 293 Å². The fourth-order valence-corrected chi connectivity index (χ4v) is 13.1. The van der Waals surface area contributed by atoms with E-state index in [4.69, 9.17) is 38.9 Å². The van der Waals surface area contributed by atoms with E-state index in [0.717, 1.165) is 5.39 Å². The van der Waals surface area contributed by atoms with Crippen molar-refractivity contribution in [2.45, 2.75) is 208 Å². The summed E-state index contributed by atoms with van der Waals surface area (Å²) in [7, 11) is 0. The molecule has 0 aliphatic carbocycles. The van der Waals surface area contributed by atoms with Gasteiger partial charge in [0.1, 0.15) is 91.1 Å². The number of rotatable bonds is 62. The Kier molecular flexibility index (Phi) is 48.1. The molecular weight excluding hydrogens is 1750 g/mol. The quantitative estimate of drug-likeness (QED) is 0.0111. The number of amides is 15. The van der Waals surface area contributed by atoms with Crippen LogP contribution in [0.5, 0.6) is 0 Å². The highest BCUT2D eigenvalue weighted by Gasteiger charge is 2.39. The molecule has 133 heavy (non-hydrogen) atoms. The molecule has 0 aliphatic heterocycles. The number of guanidine groups is 2. The van der Waals surface area contributed by atoms with Crippen LogP contribution >= 0.6 is 0 Å². The number of unbranched alkanes of at least 4 members (excludes halogenated alkanes) is 1. The molecule has 15 amide bonds. The van der Waals surface area contributed by atoms with Crippen molar-refractivity contribution in [3.8, 4) is 0 Å².